The fraction of sp³-hybridized carbons (Fsp3) is 0.238. The highest BCUT2D eigenvalue weighted by Gasteiger charge is 2.26. The van der Waals surface area contributed by atoms with Crippen molar-refractivity contribution in [3.05, 3.63) is 41.1 Å². The number of phenols is 5. The summed E-state index contributed by atoms with van der Waals surface area (Å²) in [5.74, 6) is -7.46. The van der Waals surface area contributed by atoms with Crippen LogP contribution in [0.15, 0.2) is 24.3 Å². The summed E-state index contributed by atoms with van der Waals surface area (Å²) in [6.07, 6.45) is -0.336. The molecule has 0 fully saturated rings. The summed E-state index contributed by atoms with van der Waals surface area (Å²) in [5.41, 5.74) is 5.84. The SMILES string of the molecule is Nc1nc(CC(=O)Nc2ccc(C(O)(O)CNCCc3c(O)c(O)c(O)c(O)c3O)cc2)c(O)s1. The number of thiazole rings is 1. The third-order valence-corrected chi connectivity index (χ3v) is 5.77. The van der Waals surface area contributed by atoms with E-state index in [-0.39, 0.29) is 52.9 Å². The van der Waals surface area contributed by atoms with Crippen molar-refractivity contribution in [2.75, 3.05) is 24.1 Å². The lowest BCUT2D eigenvalue weighted by Crippen LogP contribution is -2.38. The highest BCUT2D eigenvalue weighted by Crippen LogP contribution is 2.50. The highest BCUT2D eigenvalue weighted by molar-refractivity contribution is 7.17. The molecule has 0 spiro atoms. The van der Waals surface area contributed by atoms with Gasteiger partial charge in [-0.3, -0.25) is 4.79 Å². The summed E-state index contributed by atoms with van der Waals surface area (Å²) < 4.78 is 0. The standard InChI is InChI=1S/C21H24N4O9S/c22-20-25-12(19(32)35-20)7-13(26)24-10-3-1-9(2-4-10)21(33,34)8-23-6-5-11-14(27)16(29)18(31)17(30)15(11)28/h1-4,23,27-34H,5-8H2,(H2,22,25)(H,24,26). The number of anilines is 2. The summed E-state index contributed by atoms with van der Waals surface area (Å²) in [5, 5.41) is 83.9. The lowest BCUT2D eigenvalue weighted by Gasteiger charge is -2.23. The van der Waals surface area contributed by atoms with Crippen LogP contribution in [0.2, 0.25) is 0 Å². The zero-order valence-corrected chi connectivity index (χ0v) is 18.9. The van der Waals surface area contributed by atoms with Gasteiger partial charge in [0.15, 0.2) is 21.7 Å². The summed E-state index contributed by atoms with van der Waals surface area (Å²) >= 11 is 0.856. The Hall–Kier alpha value is -3.98. The van der Waals surface area contributed by atoms with Gasteiger partial charge in [0.2, 0.25) is 28.9 Å². The molecule has 1 aromatic heterocycles. The van der Waals surface area contributed by atoms with Crippen LogP contribution in [0.25, 0.3) is 0 Å². The molecule has 1 amide bonds. The van der Waals surface area contributed by atoms with Gasteiger partial charge in [0.05, 0.1) is 13.0 Å². The molecule has 14 heteroatoms. The predicted molar refractivity (Wildman–Crippen MR) is 124 cm³/mol. The van der Waals surface area contributed by atoms with Gasteiger partial charge < -0.3 is 57.2 Å². The summed E-state index contributed by atoms with van der Waals surface area (Å²) in [6.45, 7) is -0.392. The number of benzene rings is 2. The van der Waals surface area contributed by atoms with Crippen molar-refractivity contribution in [3.63, 3.8) is 0 Å². The molecule has 0 aliphatic heterocycles. The van der Waals surface area contributed by atoms with E-state index in [0.29, 0.717) is 5.69 Å². The first-order chi connectivity index (χ1) is 16.4. The molecule has 0 radical (unpaired) electrons. The zero-order valence-electron chi connectivity index (χ0n) is 18.1. The Balaban J connectivity index is 1.55. The monoisotopic (exact) mass is 508 g/mol. The van der Waals surface area contributed by atoms with Gasteiger partial charge in [-0.1, -0.05) is 23.5 Å². The molecule has 0 saturated carbocycles. The molecule has 0 aliphatic rings. The van der Waals surface area contributed by atoms with Crippen LogP contribution in [0.1, 0.15) is 16.8 Å². The van der Waals surface area contributed by atoms with Gasteiger partial charge >= 0.3 is 0 Å². The highest BCUT2D eigenvalue weighted by atomic mass is 32.1. The van der Waals surface area contributed by atoms with Crippen LogP contribution in [-0.2, 0) is 23.4 Å². The van der Waals surface area contributed by atoms with E-state index in [1.807, 2.05) is 0 Å². The van der Waals surface area contributed by atoms with Crippen molar-refractivity contribution in [2.45, 2.75) is 18.6 Å². The van der Waals surface area contributed by atoms with Gasteiger partial charge in [-0.15, -0.1) is 0 Å². The van der Waals surface area contributed by atoms with Gasteiger partial charge in [-0.05, 0) is 25.1 Å². The molecule has 13 nitrogen and oxygen atoms in total. The minimum absolute atomic E-state index is 0.0181. The lowest BCUT2D eigenvalue weighted by atomic mass is 10.0. The van der Waals surface area contributed by atoms with Crippen molar-refractivity contribution < 1.29 is 45.6 Å². The van der Waals surface area contributed by atoms with E-state index in [1.54, 1.807) is 0 Å². The molecule has 0 unspecified atom stereocenters. The van der Waals surface area contributed by atoms with Crippen LogP contribution in [0.3, 0.4) is 0 Å². The van der Waals surface area contributed by atoms with Crippen LogP contribution in [0.4, 0.5) is 10.8 Å². The average molecular weight is 509 g/mol. The number of hydrogen-bond acceptors (Lipinski definition) is 13. The Kier molecular flexibility index (Phi) is 7.40. The number of carbonyl (C=O) groups is 1. The first kappa shape index (κ1) is 25.6. The molecular formula is C21H24N4O9S. The van der Waals surface area contributed by atoms with Crippen molar-refractivity contribution >= 4 is 28.1 Å². The number of nitrogens with zero attached hydrogens (tertiary/aromatic N) is 1. The maximum atomic E-state index is 12.1. The number of hydrogen-bond donors (Lipinski definition) is 11. The van der Waals surface area contributed by atoms with E-state index < -0.39 is 40.4 Å². The number of nitrogens with one attached hydrogen (secondary N) is 2. The number of aromatic nitrogens is 1. The lowest BCUT2D eigenvalue weighted by molar-refractivity contribution is -0.165. The summed E-state index contributed by atoms with van der Waals surface area (Å²) in [7, 11) is 0. The Morgan fingerprint density at radius 3 is 2.06 bits per heavy atom. The van der Waals surface area contributed by atoms with Crippen molar-refractivity contribution in [1.29, 1.82) is 0 Å². The fourth-order valence-electron chi connectivity index (χ4n) is 3.20. The number of phenolic OH excluding ortho intramolecular Hbond substituents is 5. The first-order valence-electron chi connectivity index (χ1n) is 10.1. The van der Waals surface area contributed by atoms with Gasteiger partial charge in [0.1, 0.15) is 5.69 Å². The topological polar surface area (TPSA) is 242 Å². The van der Waals surface area contributed by atoms with Crippen molar-refractivity contribution in [1.82, 2.24) is 10.3 Å². The number of aromatic hydroxyl groups is 6. The van der Waals surface area contributed by atoms with Crippen LogP contribution in [-0.4, -0.2) is 64.8 Å². The Bertz CT molecular complexity index is 1200. The molecule has 1 heterocycles. The zero-order chi connectivity index (χ0) is 25.9. The maximum absolute atomic E-state index is 12.1. The normalized spacial score (nSPS) is 11.5. The molecule has 3 rings (SSSR count). The van der Waals surface area contributed by atoms with Crippen LogP contribution in [0, 0.1) is 0 Å². The number of rotatable bonds is 9. The molecule has 3 aromatic rings. The second kappa shape index (κ2) is 10.1. The van der Waals surface area contributed by atoms with Crippen LogP contribution in [0.5, 0.6) is 33.8 Å². The van der Waals surface area contributed by atoms with E-state index in [2.05, 4.69) is 15.6 Å². The predicted octanol–water partition coefficient (Wildman–Crippen LogP) is 0.110. The van der Waals surface area contributed by atoms with E-state index in [9.17, 15) is 45.6 Å². The Labute approximate surface area is 202 Å². The number of aliphatic hydroxyl groups is 2. The quantitative estimate of drug-likeness (QED) is 0.0798. The number of nitrogens with two attached hydrogens (primary N) is 1. The van der Waals surface area contributed by atoms with Gasteiger partial charge in [0, 0.05) is 16.8 Å². The minimum atomic E-state index is -2.32. The number of amides is 1. The third kappa shape index (κ3) is 5.75. The summed E-state index contributed by atoms with van der Waals surface area (Å²) in [6, 6.07) is 5.65. The Morgan fingerprint density at radius 2 is 1.51 bits per heavy atom. The van der Waals surface area contributed by atoms with Crippen molar-refractivity contribution in [2.24, 2.45) is 0 Å². The average Bonchev–Trinajstić information content (AvgIpc) is 3.12. The first-order valence-corrected chi connectivity index (χ1v) is 10.9. The van der Waals surface area contributed by atoms with Crippen LogP contribution >= 0.6 is 11.3 Å². The molecule has 35 heavy (non-hydrogen) atoms. The van der Waals surface area contributed by atoms with E-state index in [1.165, 1.54) is 24.3 Å². The van der Waals surface area contributed by atoms with Crippen LogP contribution < -0.4 is 16.4 Å². The second-order valence-corrected chi connectivity index (χ2v) is 8.58. The van der Waals surface area contributed by atoms with E-state index >= 15 is 0 Å². The number of carbonyl (C=O) groups excluding carboxylic acids is 1. The molecule has 0 aliphatic carbocycles. The Morgan fingerprint density at radius 1 is 0.943 bits per heavy atom. The number of nitrogen functional groups attached to an aromatic ring is 1. The maximum Gasteiger partial charge on any atom is 0.230 e. The minimum Gasteiger partial charge on any atom is -0.504 e. The van der Waals surface area contributed by atoms with E-state index in [0.717, 1.165) is 11.3 Å². The largest absolute Gasteiger partial charge is 0.504 e. The summed E-state index contributed by atoms with van der Waals surface area (Å²) in [4.78, 5) is 16.0. The second-order valence-electron chi connectivity index (χ2n) is 7.57. The molecule has 0 saturated heterocycles. The molecule has 188 valence electrons. The molecule has 2 aromatic carbocycles. The fourth-order valence-corrected chi connectivity index (χ4v) is 3.79. The molecule has 0 bridgehead atoms. The smallest absolute Gasteiger partial charge is 0.230 e. The molecular weight excluding hydrogens is 484 g/mol. The van der Waals surface area contributed by atoms with Crippen molar-refractivity contribution in [3.8, 4) is 33.8 Å². The molecule has 12 N–H and O–H groups in total. The van der Waals surface area contributed by atoms with Gasteiger partial charge in [-0.2, -0.15) is 0 Å². The molecule has 0 atom stereocenters. The third-order valence-electron chi connectivity index (χ3n) is 5.04. The van der Waals surface area contributed by atoms with E-state index in [4.69, 9.17) is 5.73 Å². The van der Waals surface area contributed by atoms with Gasteiger partial charge in [0.25, 0.3) is 0 Å². The van der Waals surface area contributed by atoms with Gasteiger partial charge in [-0.25, -0.2) is 4.98 Å².